The van der Waals surface area contributed by atoms with E-state index in [1.165, 1.54) is 6.33 Å². The number of benzene rings is 1. The maximum atomic E-state index is 5.84. The average Bonchev–Trinajstić information content (AvgIpc) is 2.38. The van der Waals surface area contributed by atoms with Crippen LogP contribution in [0.1, 0.15) is 11.9 Å². The van der Waals surface area contributed by atoms with Gasteiger partial charge < -0.3 is 10.5 Å². The molecule has 2 N–H and O–H groups in total. The van der Waals surface area contributed by atoms with Crippen LogP contribution in [0.15, 0.2) is 35.5 Å². The van der Waals surface area contributed by atoms with Crippen LogP contribution in [0.4, 0.5) is 5.95 Å². The van der Waals surface area contributed by atoms with E-state index in [0.29, 0.717) is 5.82 Å². The van der Waals surface area contributed by atoms with Gasteiger partial charge in [-0.25, -0.2) is 9.97 Å². The van der Waals surface area contributed by atoms with Crippen LogP contribution < -0.4 is 10.5 Å². The number of nitrogen functional groups attached to an aromatic ring is 1. The van der Waals surface area contributed by atoms with Crippen LogP contribution in [-0.2, 0) is 0 Å². The van der Waals surface area contributed by atoms with Gasteiger partial charge in [0.05, 0.1) is 0 Å². The molecule has 0 radical (unpaired) electrons. The van der Waals surface area contributed by atoms with Crippen LogP contribution in [0.3, 0.4) is 0 Å². The molecule has 0 amide bonds. The molecule has 0 bridgehead atoms. The van der Waals surface area contributed by atoms with Crippen LogP contribution in [0.5, 0.6) is 5.75 Å². The molecular weight excluding hydrogens is 236 g/mol. The van der Waals surface area contributed by atoms with E-state index >= 15 is 0 Å². The SMILES string of the molecule is Nc1ncnc(C2CSc3ccccc3O2)n1. The molecule has 5 nitrogen and oxygen atoms in total. The third kappa shape index (κ3) is 2.03. The van der Waals surface area contributed by atoms with Crippen molar-refractivity contribution >= 4 is 17.7 Å². The number of rotatable bonds is 1. The minimum Gasteiger partial charge on any atom is -0.480 e. The molecule has 2 aromatic rings. The standard InChI is InChI=1S/C11H10N4OS/c12-11-14-6-13-10(15-11)8-5-17-9-4-2-1-3-7(9)16-8/h1-4,6,8H,5H2,(H2,12,13,14,15). The summed E-state index contributed by atoms with van der Waals surface area (Å²) in [7, 11) is 0. The molecule has 0 fully saturated rings. The summed E-state index contributed by atoms with van der Waals surface area (Å²) in [6.45, 7) is 0. The Bertz CT molecular complexity index is 548. The molecule has 86 valence electrons. The number of fused-ring (bicyclic) bond motifs is 1. The summed E-state index contributed by atoms with van der Waals surface area (Å²) >= 11 is 1.73. The second-order valence-electron chi connectivity index (χ2n) is 3.57. The molecule has 17 heavy (non-hydrogen) atoms. The number of anilines is 1. The van der Waals surface area contributed by atoms with Gasteiger partial charge in [-0.05, 0) is 12.1 Å². The first-order valence-electron chi connectivity index (χ1n) is 5.16. The quantitative estimate of drug-likeness (QED) is 0.825. The summed E-state index contributed by atoms with van der Waals surface area (Å²) in [6.07, 6.45) is 1.24. The monoisotopic (exact) mass is 246 g/mol. The lowest BCUT2D eigenvalue weighted by atomic mass is 10.3. The number of thioether (sulfide) groups is 1. The lowest BCUT2D eigenvalue weighted by molar-refractivity contribution is 0.210. The zero-order valence-electron chi connectivity index (χ0n) is 8.91. The van der Waals surface area contributed by atoms with Crippen molar-refractivity contribution in [2.45, 2.75) is 11.0 Å². The van der Waals surface area contributed by atoms with E-state index in [2.05, 4.69) is 15.0 Å². The summed E-state index contributed by atoms with van der Waals surface area (Å²) in [5.74, 6) is 2.45. The highest BCUT2D eigenvalue weighted by atomic mass is 32.2. The number of hydrogen-bond acceptors (Lipinski definition) is 6. The maximum absolute atomic E-state index is 5.84. The van der Waals surface area contributed by atoms with E-state index in [1.807, 2.05) is 24.3 Å². The van der Waals surface area contributed by atoms with Crippen molar-refractivity contribution < 1.29 is 4.74 Å². The minimum atomic E-state index is -0.166. The number of nitrogens with two attached hydrogens (primary N) is 1. The Morgan fingerprint density at radius 3 is 3.06 bits per heavy atom. The fourth-order valence-corrected chi connectivity index (χ4v) is 2.61. The minimum absolute atomic E-state index is 0.166. The Labute approximate surface area is 102 Å². The number of hydrogen-bond donors (Lipinski definition) is 1. The van der Waals surface area contributed by atoms with E-state index in [1.54, 1.807) is 11.8 Å². The molecule has 0 saturated carbocycles. The molecular formula is C11H10N4OS. The Kier molecular flexibility index (Phi) is 2.56. The summed E-state index contributed by atoms with van der Waals surface area (Å²) in [6, 6.07) is 7.93. The molecule has 1 atom stereocenters. The first-order chi connectivity index (χ1) is 8.33. The van der Waals surface area contributed by atoms with Gasteiger partial charge in [-0.2, -0.15) is 4.98 Å². The molecule has 0 saturated heterocycles. The van der Waals surface area contributed by atoms with Crippen LogP contribution >= 0.6 is 11.8 Å². The second-order valence-corrected chi connectivity index (χ2v) is 4.63. The van der Waals surface area contributed by atoms with Gasteiger partial charge in [-0.1, -0.05) is 12.1 Å². The second kappa shape index (κ2) is 4.21. The molecule has 1 aromatic heterocycles. The maximum Gasteiger partial charge on any atom is 0.223 e. The number of para-hydroxylation sites is 1. The van der Waals surface area contributed by atoms with Gasteiger partial charge in [0.25, 0.3) is 0 Å². The van der Waals surface area contributed by atoms with E-state index in [9.17, 15) is 0 Å². The smallest absolute Gasteiger partial charge is 0.223 e. The van der Waals surface area contributed by atoms with Gasteiger partial charge in [-0.15, -0.1) is 11.8 Å². The number of nitrogens with zero attached hydrogens (tertiary/aromatic N) is 3. The molecule has 3 rings (SSSR count). The van der Waals surface area contributed by atoms with E-state index < -0.39 is 0 Å². The van der Waals surface area contributed by atoms with E-state index in [-0.39, 0.29) is 12.1 Å². The fraction of sp³-hybridized carbons (Fsp3) is 0.182. The van der Waals surface area contributed by atoms with Crippen molar-refractivity contribution in [2.75, 3.05) is 11.5 Å². The molecule has 0 aliphatic carbocycles. The van der Waals surface area contributed by atoms with E-state index in [4.69, 9.17) is 10.5 Å². The van der Waals surface area contributed by atoms with Crippen molar-refractivity contribution in [1.82, 2.24) is 15.0 Å². The topological polar surface area (TPSA) is 73.9 Å². The van der Waals surface area contributed by atoms with Crippen molar-refractivity contribution in [2.24, 2.45) is 0 Å². The van der Waals surface area contributed by atoms with Crippen LogP contribution in [-0.4, -0.2) is 20.7 Å². The molecule has 1 aromatic carbocycles. The summed E-state index contributed by atoms with van der Waals surface area (Å²) in [4.78, 5) is 13.1. The lowest BCUT2D eigenvalue weighted by Gasteiger charge is -2.24. The normalized spacial score (nSPS) is 18.2. The fourth-order valence-electron chi connectivity index (χ4n) is 1.62. The Balaban J connectivity index is 1.89. The highest BCUT2D eigenvalue weighted by Crippen LogP contribution is 2.39. The molecule has 2 heterocycles. The molecule has 1 aliphatic heterocycles. The molecule has 1 aliphatic rings. The third-order valence-electron chi connectivity index (χ3n) is 2.41. The molecule has 6 heteroatoms. The van der Waals surface area contributed by atoms with Crippen molar-refractivity contribution in [3.63, 3.8) is 0 Å². The first kappa shape index (κ1) is 10.3. The average molecular weight is 246 g/mol. The Morgan fingerprint density at radius 2 is 2.18 bits per heavy atom. The van der Waals surface area contributed by atoms with Gasteiger partial charge in [0.15, 0.2) is 11.9 Å². The summed E-state index contributed by atoms with van der Waals surface area (Å²) in [5, 5.41) is 0. The van der Waals surface area contributed by atoms with Crippen LogP contribution in [0, 0.1) is 0 Å². The zero-order chi connectivity index (χ0) is 11.7. The zero-order valence-corrected chi connectivity index (χ0v) is 9.72. The Hall–Kier alpha value is -1.82. The summed E-state index contributed by atoms with van der Waals surface area (Å²) < 4.78 is 5.84. The van der Waals surface area contributed by atoms with Gasteiger partial charge in [0, 0.05) is 10.6 Å². The number of ether oxygens (including phenoxy) is 1. The third-order valence-corrected chi connectivity index (χ3v) is 3.52. The van der Waals surface area contributed by atoms with Crippen molar-refractivity contribution in [1.29, 1.82) is 0 Å². The first-order valence-corrected chi connectivity index (χ1v) is 6.14. The largest absolute Gasteiger partial charge is 0.480 e. The number of aromatic nitrogens is 3. The predicted octanol–water partition coefficient (Wildman–Crippen LogP) is 1.68. The van der Waals surface area contributed by atoms with Crippen LogP contribution in [0.2, 0.25) is 0 Å². The molecule has 0 spiro atoms. The van der Waals surface area contributed by atoms with Gasteiger partial charge in [0.2, 0.25) is 5.95 Å². The van der Waals surface area contributed by atoms with Crippen LogP contribution in [0.25, 0.3) is 0 Å². The Morgan fingerprint density at radius 1 is 1.29 bits per heavy atom. The van der Waals surface area contributed by atoms with Gasteiger partial charge >= 0.3 is 0 Å². The highest BCUT2D eigenvalue weighted by Gasteiger charge is 2.23. The van der Waals surface area contributed by atoms with Crippen molar-refractivity contribution in [3.8, 4) is 5.75 Å². The van der Waals surface area contributed by atoms with Gasteiger partial charge in [0.1, 0.15) is 12.1 Å². The summed E-state index contributed by atoms with van der Waals surface area (Å²) in [5.41, 5.74) is 5.54. The lowest BCUT2D eigenvalue weighted by Crippen LogP contribution is -2.18. The van der Waals surface area contributed by atoms with Crippen molar-refractivity contribution in [3.05, 3.63) is 36.4 Å². The highest BCUT2D eigenvalue weighted by molar-refractivity contribution is 7.99. The van der Waals surface area contributed by atoms with E-state index in [0.717, 1.165) is 16.4 Å². The van der Waals surface area contributed by atoms with Gasteiger partial charge in [-0.3, -0.25) is 0 Å². The molecule has 1 unspecified atom stereocenters. The predicted molar refractivity (Wildman–Crippen MR) is 64.8 cm³/mol.